The van der Waals surface area contributed by atoms with Crippen LogP contribution < -0.4 is 0 Å². The van der Waals surface area contributed by atoms with Crippen LogP contribution in [0.5, 0.6) is 0 Å². The van der Waals surface area contributed by atoms with E-state index < -0.39 is 0 Å². The Morgan fingerprint density at radius 2 is 0.925 bits per heavy atom. The fourth-order valence-electron chi connectivity index (χ4n) is 6.59. The molecule has 0 aliphatic carbocycles. The molecule has 0 aliphatic rings. The van der Waals surface area contributed by atoms with E-state index in [0.29, 0.717) is 0 Å². The third-order valence-corrected chi connectivity index (χ3v) is 10.7. The second kappa shape index (κ2) is 8.50. The zero-order chi connectivity index (χ0) is 26.2. The van der Waals surface area contributed by atoms with Gasteiger partial charge in [-0.3, -0.25) is 0 Å². The number of fused-ring (bicyclic) bond motifs is 8. The number of rotatable bonds is 2. The van der Waals surface area contributed by atoms with E-state index >= 15 is 0 Å². The summed E-state index contributed by atoms with van der Waals surface area (Å²) in [7, 11) is 0. The average molecular weight is 543 g/mol. The summed E-state index contributed by atoms with van der Waals surface area (Å²) in [6.07, 6.45) is 0. The summed E-state index contributed by atoms with van der Waals surface area (Å²) >= 11 is 3.83. The van der Waals surface area contributed by atoms with E-state index in [0.717, 1.165) is 0 Å². The van der Waals surface area contributed by atoms with Crippen molar-refractivity contribution in [2.24, 2.45) is 0 Å². The maximum Gasteiger partial charge on any atom is 0.0890 e. The average Bonchev–Trinajstić information content (AvgIpc) is 3.55. The normalized spacial score (nSPS) is 12.0. The van der Waals surface area contributed by atoms with Gasteiger partial charge in [0.2, 0.25) is 0 Å². The predicted octanol–water partition coefficient (Wildman–Crippen LogP) is 12.1. The minimum atomic E-state index is 1.27. The minimum absolute atomic E-state index is 1.27. The van der Waals surface area contributed by atoms with Crippen LogP contribution in [0.2, 0.25) is 0 Å². The summed E-state index contributed by atoms with van der Waals surface area (Å²) in [6.45, 7) is 0. The van der Waals surface area contributed by atoms with Gasteiger partial charge in [0.15, 0.2) is 0 Å². The maximum atomic E-state index is 2.44. The highest BCUT2D eigenvalue weighted by atomic mass is 32.2. The number of thiophene rings is 2. The molecule has 0 radical (unpaired) electrons. The molecule has 40 heavy (non-hydrogen) atoms. The molecule has 0 aliphatic heterocycles. The van der Waals surface area contributed by atoms with Crippen LogP contribution in [0.4, 0.5) is 0 Å². The molecule has 0 amide bonds. The van der Waals surface area contributed by atoms with Crippen molar-refractivity contribution in [2.45, 2.75) is 0 Å². The molecule has 0 atom stereocenters. The fraction of sp³-hybridized carbons (Fsp3) is 0. The monoisotopic (exact) mass is 542 g/mol. The van der Waals surface area contributed by atoms with Crippen LogP contribution in [0, 0.1) is 0 Å². The van der Waals surface area contributed by atoms with Crippen LogP contribution in [0.1, 0.15) is 0 Å². The van der Waals surface area contributed by atoms with Gasteiger partial charge in [-0.1, -0.05) is 115 Å². The minimum Gasteiger partial charge on any atom is -0.124 e. The molecule has 0 bridgehead atoms. The van der Waals surface area contributed by atoms with Gasteiger partial charge in [-0.15, -0.1) is 22.7 Å². The van der Waals surface area contributed by atoms with Gasteiger partial charge in [-0.05, 0) is 72.8 Å². The molecule has 0 saturated carbocycles. The molecular formula is C38H22S2. The van der Waals surface area contributed by atoms with Crippen molar-refractivity contribution >= 4 is 84.6 Å². The Bertz CT molecular complexity index is 2370. The first-order valence-electron chi connectivity index (χ1n) is 13.6. The first-order chi connectivity index (χ1) is 19.8. The summed E-state index contributed by atoms with van der Waals surface area (Å²) in [4.78, 5) is 0. The first-order valence-corrected chi connectivity index (χ1v) is 15.2. The van der Waals surface area contributed by atoms with Gasteiger partial charge in [0.1, 0.15) is 0 Å². The Kier molecular flexibility index (Phi) is 4.74. The Labute approximate surface area is 239 Å². The summed E-state index contributed by atoms with van der Waals surface area (Å²) in [6, 6.07) is 49.3. The van der Waals surface area contributed by atoms with Crippen LogP contribution in [0.25, 0.3) is 84.1 Å². The summed E-state index contributed by atoms with van der Waals surface area (Å²) in [5, 5.41) is 11.9. The van der Waals surface area contributed by atoms with Crippen LogP contribution in [-0.4, -0.2) is 0 Å². The first kappa shape index (κ1) is 22.3. The van der Waals surface area contributed by atoms with Gasteiger partial charge in [0.25, 0.3) is 0 Å². The largest absolute Gasteiger partial charge is 0.124 e. The highest BCUT2D eigenvalue weighted by Crippen LogP contribution is 2.48. The van der Waals surface area contributed by atoms with E-state index in [1.807, 2.05) is 22.7 Å². The Morgan fingerprint density at radius 3 is 1.65 bits per heavy atom. The third kappa shape index (κ3) is 3.12. The molecule has 0 N–H and O–H groups in total. The molecular weight excluding hydrogens is 521 g/mol. The lowest BCUT2D eigenvalue weighted by atomic mass is 9.84. The lowest BCUT2D eigenvalue weighted by molar-refractivity contribution is 1.69. The smallest absolute Gasteiger partial charge is 0.0890 e. The Hall–Kier alpha value is -4.50. The maximum absolute atomic E-state index is 2.44. The Morgan fingerprint density at radius 1 is 0.375 bits per heavy atom. The van der Waals surface area contributed by atoms with E-state index in [1.54, 1.807) is 0 Å². The lowest BCUT2D eigenvalue weighted by Gasteiger charge is -2.19. The van der Waals surface area contributed by atoms with Crippen LogP contribution in [0.3, 0.4) is 0 Å². The fourth-order valence-corrected chi connectivity index (χ4v) is 9.18. The van der Waals surface area contributed by atoms with E-state index in [-0.39, 0.29) is 0 Å². The molecule has 7 aromatic carbocycles. The van der Waals surface area contributed by atoms with E-state index in [4.69, 9.17) is 0 Å². The molecule has 0 saturated heterocycles. The highest BCUT2D eigenvalue weighted by molar-refractivity contribution is 7.44. The molecule has 186 valence electrons. The van der Waals surface area contributed by atoms with Gasteiger partial charge in [0, 0.05) is 25.6 Å². The van der Waals surface area contributed by atoms with E-state index in [1.165, 1.54) is 84.1 Å². The summed E-state index contributed by atoms with van der Waals surface area (Å²) in [5.74, 6) is 0. The molecule has 9 aromatic rings. The van der Waals surface area contributed by atoms with Crippen LogP contribution in [-0.2, 0) is 0 Å². The molecule has 2 heteroatoms. The van der Waals surface area contributed by atoms with Crippen LogP contribution in [0.15, 0.2) is 133 Å². The molecule has 9 rings (SSSR count). The second-order valence-electron chi connectivity index (χ2n) is 10.4. The zero-order valence-electron chi connectivity index (χ0n) is 21.5. The van der Waals surface area contributed by atoms with Gasteiger partial charge < -0.3 is 0 Å². The second-order valence-corrected chi connectivity index (χ2v) is 12.8. The quantitative estimate of drug-likeness (QED) is 0.191. The Balaban J connectivity index is 1.41. The van der Waals surface area contributed by atoms with Gasteiger partial charge in [0.05, 0.1) is 4.01 Å². The molecule has 0 nitrogen and oxygen atoms in total. The molecule has 0 unspecified atom stereocenters. The lowest BCUT2D eigenvalue weighted by Crippen LogP contribution is -1.91. The topological polar surface area (TPSA) is 0 Å². The van der Waals surface area contributed by atoms with Gasteiger partial charge in [-0.2, -0.15) is 0 Å². The van der Waals surface area contributed by atoms with E-state index in [9.17, 15) is 0 Å². The number of hydrogen-bond acceptors (Lipinski definition) is 2. The van der Waals surface area contributed by atoms with Crippen molar-refractivity contribution in [2.75, 3.05) is 0 Å². The number of hydrogen-bond donors (Lipinski definition) is 0. The zero-order valence-corrected chi connectivity index (χ0v) is 23.2. The van der Waals surface area contributed by atoms with Crippen molar-refractivity contribution < 1.29 is 0 Å². The highest BCUT2D eigenvalue weighted by Gasteiger charge is 2.19. The van der Waals surface area contributed by atoms with Crippen molar-refractivity contribution in [1.29, 1.82) is 0 Å². The number of benzene rings is 7. The van der Waals surface area contributed by atoms with E-state index in [2.05, 4.69) is 133 Å². The molecule has 0 fully saturated rings. The predicted molar refractivity (Wildman–Crippen MR) is 178 cm³/mol. The molecule has 0 spiro atoms. The van der Waals surface area contributed by atoms with Crippen molar-refractivity contribution in [1.82, 2.24) is 0 Å². The SMILES string of the molecule is c1ccc2c(-c3c4ccccc4c(-c4ccc5sc6sc7ccccc7c6c5c4)c4ccccc34)cccc2c1. The summed E-state index contributed by atoms with van der Waals surface area (Å²) < 4.78 is 4.14. The van der Waals surface area contributed by atoms with Crippen molar-refractivity contribution in [3.05, 3.63) is 133 Å². The van der Waals surface area contributed by atoms with Gasteiger partial charge in [-0.25, -0.2) is 0 Å². The van der Waals surface area contributed by atoms with Crippen LogP contribution >= 0.6 is 22.7 Å². The standard InChI is InChI=1S/C38H22S2/c1-2-12-25-23(10-1)11-9-18-26(25)36-29-15-5-3-13-27(29)35(28-14-4-6-16-30(28)36)24-20-21-34-32(22-24)37-31-17-7-8-19-33(31)39-38(37)40-34/h1-22H. The third-order valence-electron chi connectivity index (χ3n) is 8.29. The van der Waals surface area contributed by atoms with Crippen molar-refractivity contribution in [3.63, 3.8) is 0 Å². The summed E-state index contributed by atoms with van der Waals surface area (Å²) in [5.41, 5.74) is 5.20. The molecule has 2 aromatic heterocycles. The van der Waals surface area contributed by atoms with Crippen molar-refractivity contribution in [3.8, 4) is 22.3 Å². The van der Waals surface area contributed by atoms with Gasteiger partial charge >= 0.3 is 0 Å². The molecule has 2 heterocycles.